The van der Waals surface area contributed by atoms with Crippen molar-refractivity contribution in [3.05, 3.63) is 112 Å². The van der Waals surface area contributed by atoms with Crippen LogP contribution in [0.2, 0.25) is 0 Å². The van der Waals surface area contributed by atoms with Crippen LogP contribution in [-0.4, -0.2) is 31.5 Å². The molecule has 2 aromatic rings. The average Bonchev–Trinajstić information content (AvgIpc) is 3.32. The molecule has 35 heavy (non-hydrogen) atoms. The largest absolute Gasteiger partial charge is 0.497 e. The maximum Gasteiger partial charge on any atom is 0.199 e. The highest BCUT2D eigenvalue weighted by Gasteiger charge is 2.19. The maximum atomic E-state index is 8.49. The second-order valence-electron chi connectivity index (χ2n) is 7.51. The van der Waals surface area contributed by atoms with E-state index in [1.807, 2.05) is 44.4 Å². The van der Waals surface area contributed by atoms with Gasteiger partial charge in [0.15, 0.2) is 10.8 Å². The fourth-order valence-electron chi connectivity index (χ4n) is 3.17. The smallest absolute Gasteiger partial charge is 0.199 e. The van der Waals surface area contributed by atoms with Crippen molar-refractivity contribution in [3.8, 4) is 5.75 Å². The fourth-order valence-corrected chi connectivity index (χ4v) is 4.01. The van der Waals surface area contributed by atoms with Crippen LogP contribution in [-0.2, 0) is 4.74 Å². The fraction of sp³-hybridized carbons (Fsp3) is 0.115. The molecule has 1 aliphatic carbocycles. The lowest BCUT2D eigenvalue weighted by Gasteiger charge is -2.17. The Morgan fingerprint density at radius 1 is 0.914 bits per heavy atom. The summed E-state index contributed by atoms with van der Waals surface area (Å²) in [7, 11) is 0.820. The van der Waals surface area contributed by atoms with Crippen molar-refractivity contribution in [1.82, 2.24) is 0 Å². The zero-order valence-corrected chi connectivity index (χ0v) is 20.9. The highest BCUT2D eigenvalue weighted by Crippen LogP contribution is 2.41. The van der Waals surface area contributed by atoms with Gasteiger partial charge in [0.25, 0.3) is 0 Å². The Hall–Kier alpha value is -3.11. The molecule has 9 heteroatoms. The lowest BCUT2D eigenvalue weighted by atomic mass is 10.0. The second-order valence-corrected chi connectivity index (χ2v) is 9.10. The first-order valence-corrected chi connectivity index (χ1v) is 12.5. The van der Waals surface area contributed by atoms with Crippen LogP contribution in [0.25, 0.3) is 11.3 Å². The van der Waals surface area contributed by atoms with Crippen LogP contribution >= 0.6 is 11.8 Å². The van der Waals surface area contributed by atoms with E-state index in [1.165, 1.54) is 5.71 Å². The van der Waals surface area contributed by atoms with E-state index in [2.05, 4.69) is 64.6 Å². The van der Waals surface area contributed by atoms with Crippen molar-refractivity contribution < 1.29 is 42.9 Å². The van der Waals surface area contributed by atoms with E-state index in [4.69, 9.17) is 28.1 Å². The minimum absolute atomic E-state index is 0.834. The molecule has 2 aromatic carbocycles. The number of benzene rings is 2. The number of ether oxygens (including phenoxy) is 2. The predicted molar refractivity (Wildman–Crippen MR) is 126 cm³/mol. The van der Waals surface area contributed by atoms with Crippen molar-refractivity contribution in [1.29, 1.82) is 0 Å². The number of hydrogen-bond donors (Lipinski definition) is 0. The summed E-state index contributed by atoms with van der Waals surface area (Å²) in [6, 6.07) is 18.3. The van der Waals surface area contributed by atoms with Gasteiger partial charge >= 0.3 is 0 Å². The molecule has 0 atom stereocenters. The summed E-state index contributed by atoms with van der Waals surface area (Å²) in [5.74, 6) is 1.68. The monoisotopic (exact) mass is 513 g/mol. The zero-order chi connectivity index (χ0) is 25.4. The SMILES string of the molecule is COc1ccc(C2=CS/C(=C(/C=C3C=CC(=[N+](C)C)C=C3)c3ccccc3)O2)cc1.[O-][Cl+3]([O-])([O-])[O-]. The van der Waals surface area contributed by atoms with E-state index in [0.717, 1.165) is 38.9 Å². The van der Waals surface area contributed by atoms with Crippen molar-refractivity contribution in [2.75, 3.05) is 21.2 Å². The lowest BCUT2D eigenvalue weighted by molar-refractivity contribution is -2.00. The number of halogens is 1. The van der Waals surface area contributed by atoms with Crippen LogP contribution in [0.4, 0.5) is 0 Å². The van der Waals surface area contributed by atoms with Crippen LogP contribution in [0.5, 0.6) is 5.75 Å². The van der Waals surface area contributed by atoms with Gasteiger partial charge < -0.3 is 9.47 Å². The molecule has 0 N–H and O–H groups in total. The van der Waals surface area contributed by atoms with Crippen molar-refractivity contribution >= 4 is 28.8 Å². The number of rotatable bonds is 4. The molecule has 0 spiro atoms. The number of allylic oxidation sites excluding steroid dienone is 7. The standard InChI is InChI=1S/C26H24NO2S.ClHO4/c1-27(2)22-13-9-19(10-14-22)17-24(20-7-5-4-6-8-20)26-29-25(18-30-26)21-11-15-23(28-3)16-12-21;2-1(3,4)5/h4-18H,1-3H3;(H,2,3,4,5)/q+1;/p-1/b26-24-;. The first-order valence-electron chi connectivity index (χ1n) is 10.4. The summed E-state index contributed by atoms with van der Waals surface area (Å²) in [4.78, 5) is 0. The summed E-state index contributed by atoms with van der Waals surface area (Å²) >= 11 is 1.61. The summed E-state index contributed by atoms with van der Waals surface area (Å²) in [6.07, 6.45) is 10.7. The topological polar surface area (TPSA) is 114 Å². The van der Waals surface area contributed by atoms with E-state index in [0.29, 0.717) is 0 Å². The molecule has 1 heterocycles. The summed E-state index contributed by atoms with van der Waals surface area (Å²) < 4.78 is 47.6. The van der Waals surface area contributed by atoms with E-state index in [9.17, 15) is 0 Å². The summed E-state index contributed by atoms with van der Waals surface area (Å²) in [5.41, 5.74) is 5.53. The number of hydrogen-bond acceptors (Lipinski definition) is 7. The molecular weight excluding hydrogens is 490 g/mol. The predicted octanol–water partition coefficient (Wildman–Crippen LogP) is 1.14. The van der Waals surface area contributed by atoms with Gasteiger partial charge in [-0.15, -0.1) is 10.2 Å². The van der Waals surface area contributed by atoms with Crippen molar-refractivity contribution in [3.63, 3.8) is 0 Å². The van der Waals surface area contributed by atoms with Crippen molar-refractivity contribution in [2.24, 2.45) is 0 Å². The molecule has 2 aliphatic rings. The molecule has 0 bridgehead atoms. The van der Waals surface area contributed by atoms with Crippen LogP contribution in [0.3, 0.4) is 0 Å². The van der Waals surface area contributed by atoms with Gasteiger partial charge in [-0.1, -0.05) is 42.1 Å². The minimum Gasteiger partial charge on any atom is -0.497 e. The molecular formula is C26H24ClNO6S. The number of nitrogens with zero attached hydrogens (tertiary/aromatic N) is 1. The third-order valence-electron chi connectivity index (χ3n) is 4.88. The summed E-state index contributed by atoms with van der Waals surface area (Å²) in [6.45, 7) is 0. The Labute approximate surface area is 210 Å². The van der Waals surface area contributed by atoms with Crippen molar-refractivity contribution in [2.45, 2.75) is 0 Å². The van der Waals surface area contributed by atoms with Gasteiger partial charge in [-0.3, -0.25) is 0 Å². The maximum absolute atomic E-state index is 8.49. The molecule has 182 valence electrons. The van der Waals surface area contributed by atoms with Gasteiger partial charge in [0.2, 0.25) is 0 Å². The Bertz CT molecular complexity index is 1190. The Balaban J connectivity index is 0.000000623. The van der Waals surface area contributed by atoms with Gasteiger partial charge in [0.05, 0.1) is 7.11 Å². The average molecular weight is 514 g/mol. The highest BCUT2D eigenvalue weighted by atomic mass is 35.7. The molecule has 4 rings (SSSR count). The van der Waals surface area contributed by atoms with Gasteiger partial charge in [0, 0.05) is 28.7 Å². The molecule has 0 radical (unpaired) electrons. The van der Waals surface area contributed by atoms with E-state index >= 15 is 0 Å². The van der Waals surface area contributed by atoms with E-state index in [-0.39, 0.29) is 0 Å². The van der Waals surface area contributed by atoms with E-state index in [1.54, 1.807) is 18.9 Å². The van der Waals surface area contributed by atoms with Crippen LogP contribution < -0.4 is 23.4 Å². The Morgan fingerprint density at radius 2 is 1.51 bits per heavy atom. The number of thioether (sulfide) groups is 1. The second kappa shape index (κ2) is 12.0. The number of methoxy groups -OCH3 is 1. The first kappa shape index (κ1) is 26.5. The molecule has 0 unspecified atom stereocenters. The van der Waals surface area contributed by atoms with Gasteiger partial charge in [-0.25, -0.2) is 23.2 Å². The van der Waals surface area contributed by atoms with Gasteiger partial charge in [-0.2, -0.15) is 0 Å². The normalized spacial score (nSPS) is 16.1. The van der Waals surface area contributed by atoms with Crippen LogP contribution in [0.15, 0.2) is 101 Å². The van der Waals surface area contributed by atoms with Crippen LogP contribution in [0, 0.1) is 10.2 Å². The zero-order valence-electron chi connectivity index (χ0n) is 19.3. The third kappa shape index (κ3) is 8.25. The summed E-state index contributed by atoms with van der Waals surface area (Å²) in [5, 5.41) is 2.94. The molecule has 0 fully saturated rings. The Morgan fingerprint density at radius 3 is 2.06 bits per heavy atom. The molecule has 0 aromatic heterocycles. The first-order chi connectivity index (χ1) is 16.6. The molecule has 0 saturated carbocycles. The van der Waals surface area contributed by atoms with Gasteiger partial charge in [0.1, 0.15) is 25.6 Å². The molecule has 0 saturated heterocycles. The Kier molecular flexibility index (Phi) is 9.11. The minimum atomic E-state index is -4.94. The molecule has 0 amide bonds. The highest BCUT2D eigenvalue weighted by molar-refractivity contribution is 8.06. The molecule has 7 nitrogen and oxygen atoms in total. The quantitative estimate of drug-likeness (QED) is 0.563. The van der Waals surface area contributed by atoms with Gasteiger partial charge in [-0.05, 0) is 53.6 Å². The van der Waals surface area contributed by atoms with Crippen LogP contribution in [0.1, 0.15) is 11.1 Å². The third-order valence-corrected chi connectivity index (χ3v) is 5.72. The lowest BCUT2D eigenvalue weighted by Crippen LogP contribution is -2.68. The molecule has 1 aliphatic heterocycles. The van der Waals surface area contributed by atoms with E-state index < -0.39 is 10.2 Å².